The fourth-order valence-electron chi connectivity index (χ4n) is 1.81. The number of nitrogens with one attached hydrogen (secondary N) is 1. The van der Waals surface area contributed by atoms with Crippen molar-refractivity contribution < 1.29 is 44.4 Å². The van der Waals surface area contributed by atoms with Crippen LogP contribution in [0.3, 0.4) is 0 Å². The molecule has 0 atom stereocenters. The Morgan fingerprint density at radius 2 is 1.68 bits per heavy atom. The highest BCUT2D eigenvalue weighted by Gasteiger charge is 2.26. The van der Waals surface area contributed by atoms with Gasteiger partial charge in [0.25, 0.3) is 15.9 Å². The number of sulfone groups is 1. The van der Waals surface area contributed by atoms with Gasteiger partial charge in [-0.15, -0.1) is 0 Å². The number of carbonyl (C=O) groups excluding carboxylic acids is 2. The summed E-state index contributed by atoms with van der Waals surface area (Å²) in [4.78, 5) is 22.8. The molecule has 2 rings (SSSR count). The lowest BCUT2D eigenvalue weighted by Crippen LogP contribution is -2.21. The summed E-state index contributed by atoms with van der Waals surface area (Å²) in [5.41, 5.74) is 0.0591. The van der Waals surface area contributed by atoms with Crippen LogP contribution in [0.1, 0.15) is 10.6 Å². The highest BCUT2D eigenvalue weighted by Crippen LogP contribution is 2.20. The first-order chi connectivity index (χ1) is 12.9. The van der Waals surface area contributed by atoms with Crippen LogP contribution in [0, 0.1) is 0 Å². The Bertz CT molecular complexity index is 1090. The van der Waals surface area contributed by atoms with E-state index in [0.717, 1.165) is 36.4 Å². The van der Waals surface area contributed by atoms with Crippen molar-refractivity contribution in [1.29, 1.82) is 0 Å². The van der Waals surface area contributed by atoms with Gasteiger partial charge in [-0.2, -0.15) is 8.78 Å². The van der Waals surface area contributed by atoms with Crippen LogP contribution in [0.25, 0.3) is 0 Å². The van der Waals surface area contributed by atoms with Gasteiger partial charge in [-0.05, 0) is 36.4 Å². The Balaban J connectivity index is 1.94. The van der Waals surface area contributed by atoms with Crippen molar-refractivity contribution in [1.82, 2.24) is 0 Å². The minimum Gasteiger partial charge on any atom is -0.450 e. The van der Waals surface area contributed by atoms with Crippen molar-refractivity contribution in [3.05, 3.63) is 42.2 Å². The van der Waals surface area contributed by atoms with Crippen LogP contribution in [0.5, 0.6) is 0 Å². The highest BCUT2D eigenvalue weighted by atomic mass is 32.2. The third kappa shape index (κ3) is 5.11. The van der Waals surface area contributed by atoms with Crippen LogP contribution in [-0.2, 0) is 29.4 Å². The molecule has 14 heteroatoms. The number of benzene rings is 1. The van der Waals surface area contributed by atoms with Gasteiger partial charge in [0, 0.05) is 5.69 Å². The number of esters is 1. The van der Waals surface area contributed by atoms with Gasteiger partial charge in [-0.25, -0.2) is 26.8 Å². The Morgan fingerprint density at radius 1 is 1.07 bits per heavy atom. The van der Waals surface area contributed by atoms with Crippen molar-refractivity contribution in [2.45, 2.75) is 15.7 Å². The fourth-order valence-corrected chi connectivity index (χ4v) is 3.00. The summed E-state index contributed by atoms with van der Waals surface area (Å²) in [6, 6.07) is 5.81. The van der Waals surface area contributed by atoms with Crippen LogP contribution < -0.4 is 10.5 Å². The van der Waals surface area contributed by atoms with Gasteiger partial charge in [0.1, 0.15) is 0 Å². The zero-order valence-electron chi connectivity index (χ0n) is 13.7. The SMILES string of the molecule is NS(=O)(=O)c1ccc(C(=O)OCC(=O)Nc2ccc(S(=O)(=O)C(F)F)cc2)o1. The zero-order chi connectivity index (χ0) is 21.1. The average molecular weight is 438 g/mol. The minimum atomic E-state index is -4.76. The normalized spacial score (nSPS) is 12.0. The molecule has 0 unspecified atom stereocenters. The number of alkyl halides is 2. The molecule has 0 bridgehead atoms. The monoisotopic (exact) mass is 438 g/mol. The molecule has 152 valence electrons. The summed E-state index contributed by atoms with van der Waals surface area (Å²) in [6.45, 7) is -0.790. The van der Waals surface area contributed by atoms with E-state index < -0.39 is 59.8 Å². The molecule has 1 amide bonds. The van der Waals surface area contributed by atoms with Crippen LogP contribution in [0.2, 0.25) is 0 Å². The van der Waals surface area contributed by atoms with Crippen LogP contribution in [0.4, 0.5) is 14.5 Å². The second-order valence-corrected chi connectivity index (χ2v) is 8.53. The van der Waals surface area contributed by atoms with Crippen molar-refractivity contribution in [3.8, 4) is 0 Å². The van der Waals surface area contributed by atoms with E-state index in [1.165, 1.54) is 0 Å². The lowest BCUT2D eigenvalue weighted by Gasteiger charge is -2.07. The summed E-state index contributed by atoms with van der Waals surface area (Å²) in [5, 5.41) is 6.39. The molecule has 10 nitrogen and oxygen atoms in total. The van der Waals surface area contributed by atoms with E-state index in [1.807, 2.05) is 0 Å². The van der Waals surface area contributed by atoms with Gasteiger partial charge >= 0.3 is 11.7 Å². The number of sulfonamides is 1. The predicted molar refractivity (Wildman–Crippen MR) is 88.6 cm³/mol. The van der Waals surface area contributed by atoms with Crippen LogP contribution in [0.15, 0.2) is 50.8 Å². The Labute approximate surface area is 157 Å². The number of ether oxygens (including phenoxy) is 1. The summed E-state index contributed by atoms with van der Waals surface area (Å²) < 4.78 is 78.9. The summed E-state index contributed by atoms with van der Waals surface area (Å²) >= 11 is 0. The number of carbonyl (C=O) groups is 2. The second kappa shape index (κ2) is 8.04. The van der Waals surface area contributed by atoms with Gasteiger partial charge in [-0.3, -0.25) is 4.79 Å². The molecular formula is C14H12F2N2O8S2. The van der Waals surface area contributed by atoms with E-state index in [2.05, 4.69) is 14.5 Å². The number of hydrogen-bond acceptors (Lipinski definition) is 8. The molecule has 0 saturated carbocycles. The van der Waals surface area contributed by atoms with E-state index >= 15 is 0 Å². The summed E-state index contributed by atoms with van der Waals surface area (Å²) in [7, 11) is -8.91. The number of rotatable bonds is 7. The molecule has 0 radical (unpaired) electrons. The standard InChI is InChI=1S/C14H12F2N2O8S2/c15-14(16)27(21,22)9-3-1-8(2-4-9)18-11(19)7-25-13(20)10-5-6-12(26-10)28(17,23)24/h1-6,14H,7H2,(H,18,19)(H2,17,23,24). The maximum Gasteiger partial charge on any atom is 0.374 e. The third-order valence-electron chi connectivity index (χ3n) is 3.10. The lowest BCUT2D eigenvalue weighted by atomic mass is 10.3. The van der Waals surface area contributed by atoms with E-state index in [9.17, 15) is 35.2 Å². The average Bonchev–Trinajstić information content (AvgIpc) is 3.10. The Kier molecular flexibility index (Phi) is 6.16. The number of hydrogen-bond donors (Lipinski definition) is 2. The molecule has 0 aliphatic carbocycles. The van der Waals surface area contributed by atoms with Gasteiger partial charge in [0.2, 0.25) is 20.7 Å². The van der Waals surface area contributed by atoms with Crippen molar-refractivity contribution >= 4 is 37.4 Å². The van der Waals surface area contributed by atoms with E-state index in [0.29, 0.717) is 0 Å². The van der Waals surface area contributed by atoms with Gasteiger partial charge in [-0.1, -0.05) is 0 Å². The minimum absolute atomic E-state index is 0.0591. The Morgan fingerprint density at radius 3 is 2.18 bits per heavy atom. The van der Waals surface area contributed by atoms with Crippen LogP contribution in [-0.4, -0.2) is 41.1 Å². The molecule has 0 saturated heterocycles. The number of halogens is 2. The highest BCUT2D eigenvalue weighted by molar-refractivity contribution is 7.91. The lowest BCUT2D eigenvalue weighted by molar-refractivity contribution is -0.119. The molecule has 1 heterocycles. The maximum atomic E-state index is 12.4. The van der Waals surface area contributed by atoms with Crippen molar-refractivity contribution in [2.75, 3.05) is 11.9 Å². The molecular weight excluding hydrogens is 426 g/mol. The Hall–Kier alpha value is -2.84. The number of primary sulfonamides is 1. The molecule has 1 aromatic carbocycles. The molecule has 0 aliphatic heterocycles. The van der Waals surface area contributed by atoms with Crippen molar-refractivity contribution in [2.24, 2.45) is 5.14 Å². The molecule has 0 spiro atoms. The number of nitrogens with two attached hydrogens (primary N) is 1. The predicted octanol–water partition coefficient (Wildman–Crippen LogP) is 0.719. The molecule has 0 fully saturated rings. The summed E-state index contributed by atoms with van der Waals surface area (Å²) in [6.07, 6.45) is 0. The molecule has 0 aliphatic rings. The molecule has 3 N–H and O–H groups in total. The zero-order valence-corrected chi connectivity index (χ0v) is 15.3. The smallest absolute Gasteiger partial charge is 0.374 e. The fraction of sp³-hybridized carbons (Fsp3) is 0.143. The van der Waals surface area contributed by atoms with Gasteiger partial charge in [0.05, 0.1) is 4.90 Å². The first-order valence-electron chi connectivity index (χ1n) is 7.13. The van der Waals surface area contributed by atoms with E-state index in [4.69, 9.17) is 5.14 Å². The third-order valence-corrected chi connectivity index (χ3v) is 5.28. The number of amides is 1. The quantitative estimate of drug-likeness (QED) is 0.597. The van der Waals surface area contributed by atoms with Gasteiger partial charge in [0.15, 0.2) is 6.61 Å². The van der Waals surface area contributed by atoms with E-state index in [1.54, 1.807) is 0 Å². The van der Waals surface area contributed by atoms with Crippen LogP contribution >= 0.6 is 0 Å². The first-order valence-corrected chi connectivity index (χ1v) is 10.2. The second-order valence-electron chi connectivity index (χ2n) is 5.12. The van der Waals surface area contributed by atoms with E-state index in [-0.39, 0.29) is 5.69 Å². The first kappa shape index (κ1) is 21.5. The number of anilines is 1. The number of furan rings is 1. The summed E-state index contributed by atoms with van der Waals surface area (Å²) in [5.74, 6) is -6.05. The molecule has 2 aromatic rings. The van der Waals surface area contributed by atoms with Crippen molar-refractivity contribution in [3.63, 3.8) is 0 Å². The maximum absolute atomic E-state index is 12.4. The van der Waals surface area contributed by atoms with Gasteiger partial charge < -0.3 is 14.5 Å². The largest absolute Gasteiger partial charge is 0.450 e. The molecule has 28 heavy (non-hydrogen) atoms. The molecule has 1 aromatic heterocycles. The topological polar surface area (TPSA) is 163 Å².